The summed E-state index contributed by atoms with van der Waals surface area (Å²) in [7, 11) is 1.55. The molecule has 0 saturated carbocycles. The van der Waals surface area contributed by atoms with Gasteiger partial charge in [-0.15, -0.1) is 11.3 Å². The number of nitrogens with one attached hydrogen (secondary N) is 3. The number of methoxy groups -OCH3 is 1. The second-order valence-electron chi connectivity index (χ2n) is 8.71. The van der Waals surface area contributed by atoms with Gasteiger partial charge in [-0.05, 0) is 56.7 Å². The molecule has 194 valence electrons. The summed E-state index contributed by atoms with van der Waals surface area (Å²) >= 11 is 2.79. The number of ether oxygens (including phenoxy) is 1. The number of nitriles is 1. The number of nitrogens with zero attached hydrogens (tertiary/aromatic N) is 1. The molecule has 0 bridgehead atoms. The maximum atomic E-state index is 13.6. The molecule has 4 rings (SSSR count). The van der Waals surface area contributed by atoms with E-state index in [2.05, 4.69) is 22.0 Å². The lowest BCUT2D eigenvalue weighted by atomic mass is 9.86. The van der Waals surface area contributed by atoms with E-state index in [-0.39, 0.29) is 17.6 Å². The summed E-state index contributed by atoms with van der Waals surface area (Å²) in [5.74, 6) is -0.436. The third kappa shape index (κ3) is 5.93. The van der Waals surface area contributed by atoms with Crippen molar-refractivity contribution in [1.82, 2.24) is 5.32 Å². The van der Waals surface area contributed by atoms with Gasteiger partial charge in [0.15, 0.2) is 0 Å². The zero-order valence-electron chi connectivity index (χ0n) is 21.5. The van der Waals surface area contributed by atoms with E-state index in [0.29, 0.717) is 33.3 Å². The first-order chi connectivity index (χ1) is 18.3. The average Bonchev–Trinajstić information content (AvgIpc) is 3.34. The fraction of sp³-hybridized carbons (Fsp3) is 0.207. The Morgan fingerprint density at radius 3 is 2.39 bits per heavy atom. The van der Waals surface area contributed by atoms with Crippen molar-refractivity contribution in [2.45, 2.75) is 26.7 Å². The number of allylic oxidation sites excluding steroid dienone is 2. The Labute approximate surface area is 230 Å². The zero-order valence-corrected chi connectivity index (χ0v) is 23.2. The van der Waals surface area contributed by atoms with Crippen LogP contribution in [0.3, 0.4) is 0 Å². The molecule has 1 aliphatic heterocycles. The van der Waals surface area contributed by atoms with E-state index in [1.54, 1.807) is 19.2 Å². The summed E-state index contributed by atoms with van der Waals surface area (Å²) < 4.78 is 5.39. The smallest absolute Gasteiger partial charge is 0.254 e. The van der Waals surface area contributed by atoms with Crippen LogP contribution in [-0.2, 0) is 9.59 Å². The van der Waals surface area contributed by atoms with E-state index < -0.39 is 5.92 Å². The standard InChI is InChI=1S/C29H28N4O3S2/c1-17-9-5-6-10-21(17)32-25(34)16-37-29-20(15-30)27(24-14-13-18(2)38-24)26(19(3)31-29)28(35)33-22-11-7-8-12-23(22)36-4/h5-14,27,31H,16H2,1-4H3,(H,32,34)(H,33,35)/t27-/m0/s1. The quantitative estimate of drug-likeness (QED) is 0.318. The van der Waals surface area contributed by atoms with E-state index in [4.69, 9.17) is 4.74 Å². The maximum Gasteiger partial charge on any atom is 0.254 e. The first-order valence-electron chi connectivity index (χ1n) is 11.9. The number of benzene rings is 2. The lowest BCUT2D eigenvalue weighted by Gasteiger charge is -2.29. The topological polar surface area (TPSA) is 103 Å². The molecule has 2 heterocycles. The highest BCUT2D eigenvalue weighted by Gasteiger charge is 2.36. The molecule has 0 aliphatic carbocycles. The summed E-state index contributed by atoms with van der Waals surface area (Å²) in [6, 6.07) is 21.0. The van der Waals surface area contributed by atoms with Crippen molar-refractivity contribution < 1.29 is 14.3 Å². The van der Waals surface area contributed by atoms with Crippen LogP contribution in [0.15, 0.2) is 82.5 Å². The van der Waals surface area contributed by atoms with Gasteiger partial charge in [-0.2, -0.15) is 5.26 Å². The van der Waals surface area contributed by atoms with E-state index >= 15 is 0 Å². The van der Waals surface area contributed by atoms with Gasteiger partial charge in [0.25, 0.3) is 5.91 Å². The average molecular weight is 545 g/mol. The van der Waals surface area contributed by atoms with Crippen molar-refractivity contribution in [3.05, 3.63) is 97.9 Å². The fourth-order valence-corrected chi connectivity index (χ4v) is 6.08. The van der Waals surface area contributed by atoms with Gasteiger partial charge in [0.2, 0.25) is 5.91 Å². The Hall–Kier alpha value is -4.00. The number of dihydropyridines is 1. The second kappa shape index (κ2) is 12.0. The van der Waals surface area contributed by atoms with Crippen LogP contribution in [0.2, 0.25) is 0 Å². The van der Waals surface area contributed by atoms with Crippen LogP contribution in [0.4, 0.5) is 11.4 Å². The van der Waals surface area contributed by atoms with Gasteiger partial charge in [0, 0.05) is 26.7 Å². The van der Waals surface area contributed by atoms with Crippen molar-refractivity contribution in [1.29, 1.82) is 5.26 Å². The monoisotopic (exact) mass is 544 g/mol. The molecule has 3 aromatic rings. The summed E-state index contributed by atoms with van der Waals surface area (Å²) in [6.07, 6.45) is 0. The lowest BCUT2D eigenvalue weighted by molar-refractivity contribution is -0.114. The normalized spacial score (nSPS) is 15.0. The Morgan fingerprint density at radius 2 is 1.74 bits per heavy atom. The maximum absolute atomic E-state index is 13.6. The molecular weight excluding hydrogens is 516 g/mol. The highest BCUT2D eigenvalue weighted by molar-refractivity contribution is 8.03. The zero-order chi connectivity index (χ0) is 27.2. The third-order valence-electron chi connectivity index (χ3n) is 6.06. The molecule has 7 nitrogen and oxygen atoms in total. The minimum Gasteiger partial charge on any atom is -0.495 e. The lowest BCUT2D eigenvalue weighted by Crippen LogP contribution is -2.31. The van der Waals surface area contributed by atoms with Crippen LogP contribution in [-0.4, -0.2) is 24.7 Å². The van der Waals surface area contributed by atoms with E-state index in [1.165, 1.54) is 23.1 Å². The number of thiophene rings is 1. The van der Waals surface area contributed by atoms with E-state index in [0.717, 1.165) is 21.0 Å². The van der Waals surface area contributed by atoms with Gasteiger partial charge in [0.05, 0.1) is 41.1 Å². The van der Waals surface area contributed by atoms with Crippen molar-refractivity contribution in [3.8, 4) is 11.8 Å². The summed E-state index contributed by atoms with van der Waals surface area (Å²) in [5.41, 5.74) is 3.73. The minimum atomic E-state index is -0.573. The second-order valence-corrected chi connectivity index (χ2v) is 11.0. The number of hydrogen-bond donors (Lipinski definition) is 3. The summed E-state index contributed by atoms with van der Waals surface area (Å²) in [5, 5.41) is 19.9. The Balaban J connectivity index is 1.63. The molecule has 2 aromatic carbocycles. The predicted molar refractivity (Wildman–Crippen MR) is 154 cm³/mol. The molecule has 1 atom stereocenters. The van der Waals surface area contributed by atoms with Gasteiger partial charge in [-0.25, -0.2) is 0 Å². The first kappa shape index (κ1) is 27.0. The van der Waals surface area contributed by atoms with Crippen LogP contribution in [0.25, 0.3) is 0 Å². The number of hydrogen-bond acceptors (Lipinski definition) is 7. The molecular formula is C29H28N4O3S2. The summed E-state index contributed by atoms with van der Waals surface area (Å²) in [4.78, 5) is 28.3. The number of thioether (sulfide) groups is 1. The molecule has 38 heavy (non-hydrogen) atoms. The SMILES string of the molecule is COc1ccccc1NC(=O)C1=C(C)NC(SCC(=O)Nc2ccccc2C)=C(C#N)[C@H]1c1ccc(C)s1. The molecule has 0 unspecified atom stereocenters. The van der Waals surface area contributed by atoms with Gasteiger partial charge in [-0.3, -0.25) is 9.59 Å². The Morgan fingerprint density at radius 1 is 1.03 bits per heavy atom. The number of carbonyl (C=O) groups is 2. The van der Waals surface area contributed by atoms with Crippen molar-refractivity contribution in [2.24, 2.45) is 0 Å². The van der Waals surface area contributed by atoms with Crippen LogP contribution in [0.1, 0.15) is 28.2 Å². The van der Waals surface area contributed by atoms with Gasteiger partial charge >= 0.3 is 0 Å². The number of rotatable bonds is 8. The Bertz CT molecular complexity index is 1480. The molecule has 2 amide bonds. The predicted octanol–water partition coefficient (Wildman–Crippen LogP) is 6.08. The number of carbonyl (C=O) groups excluding carboxylic acids is 2. The number of aryl methyl sites for hydroxylation is 2. The van der Waals surface area contributed by atoms with Crippen LogP contribution in [0.5, 0.6) is 5.75 Å². The molecule has 9 heteroatoms. The highest BCUT2D eigenvalue weighted by atomic mass is 32.2. The molecule has 1 aliphatic rings. The van der Waals surface area contributed by atoms with Gasteiger partial charge < -0.3 is 20.7 Å². The molecule has 1 aromatic heterocycles. The highest BCUT2D eigenvalue weighted by Crippen LogP contribution is 2.43. The molecule has 0 saturated heterocycles. The fourth-order valence-electron chi connectivity index (χ4n) is 4.20. The summed E-state index contributed by atoms with van der Waals surface area (Å²) in [6.45, 7) is 5.73. The first-order valence-corrected chi connectivity index (χ1v) is 13.7. The van der Waals surface area contributed by atoms with Crippen molar-refractivity contribution in [3.63, 3.8) is 0 Å². The van der Waals surface area contributed by atoms with Gasteiger partial charge in [-0.1, -0.05) is 42.1 Å². The molecule has 0 fully saturated rings. The minimum absolute atomic E-state index is 0.105. The number of para-hydroxylation sites is 3. The number of amides is 2. The Kier molecular flexibility index (Phi) is 8.56. The largest absolute Gasteiger partial charge is 0.495 e. The molecule has 3 N–H and O–H groups in total. The van der Waals surface area contributed by atoms with Crippen LogP contribution in [0, 0.1) is 25.2 Å². The van der Waals surface area contributed by atoms with Gasteiger partial charge in [0.1, 0.15) is 5.75 Å². The van der Waals surface area contributed by atoms with Crippen molar-refractivity contribution >= 4 is 46.3 Å². The third-order valence-corrected chi connectivity index (χ3v) is 8.14. The van der Waals surface area contributed by atoms with Crippen molar-refractivity contribution in [2.75, 3.05) is 23.5 Å². The van der Waals surface area contributed by atoms with Crippen LogP contribution < -0.4 is 20.7 Å². The number of anilines is 2. The van der Waals surface area contributed by atoms with E-state index in [9.17, 15) is 14.9 Å². The molecule has 0 spiro atoms. The van der Waals surface area contributed by atoms with E-state index in [1.807, 2.05) is 69.3 Å². The van der Waals surface area contributed by atoms with Crippen LogP contribution >= 0.6 is 23.1 Å². The molecule has 0 radical (unpaired) electrons.